The summed E-state index contributed by atoms with van der Waals surface area (Å²) < 4.78 is 0. The van der Waals surface area contributed by atoms with Gasteiger partial charge in [0.05, 0.1) is 17.0 Å². The maximum Gasteiger partial charge on any atom is 0.250 e. The Bertz CT molecular complexity index is 980. The summed E-state index contributed by atoms with van der Waals surface area (Å²) in [5, 5.41) is 15.1. The number of rotatable bonds is 5. The molecule has 0 bridgehead atoms. The molecule has 0 unspecified atom stereocenters. The number of phenolic OH excluding ortho intramolecular Hbond substituents is 1. The number of amides is 1. The first-order valence-corrected chi connectivity index (χ1v) is 9.13. The molecule has 0 radical (unpaired) electrons. The van der Waals surface area contributed by atoms with E-state index in [1.165, 1.54) is 11.8 Å². The van der Waals surface area contributed by atoms with Crippen molar-refractivity contribution in [3.05, 3.63) is 65.9 Å². The molecule has 132 valence electrons. The first kappa shape index (κ1) is 17.9. The summed E-state index contributed by atoms with van der Waals surface area (Å²) in [5.74, 6) is 0.156. The van der Waals surface area contributed by atoms with E-state index in [0.29, 0.717) is 11.3 Å². The number of hydrazone groups is 1. The monoisotopic (exact) mass is 365 g/mol. The highest BCUT2D eigenvalue weighted by molar-refractivity contribution is 8.00. The summed E-state index contributed by atoms with van der Waals surface area (Å²) in [6.07, 6.45) is 1.74. The third-order valence-corrected chi connectivity index (χ3v) is 4.89. The second-order valence-corrected chi connectivity index (χ2v) is 6.89. The van der Waals surface area contributed by atoms with E-state index >= 15 is 0 Å². The number of hydrogen-bond acceptors (Lipinski definition) is 5. The molecule has 0 saturated heterocycles. The van der Waals surface area contributed by atoms with Gasteiger partial charge in [0, 0.05) is 22.0 Å². The van der Waals surface area contributed by atoms with E-state index in [1.807, 2.05) is 49.4 Å². The lowest BCUT2D eigenvalue weighted by Gasteiger charge is -2.07. The van der Waals surface area contributed by atoms with Gasteiger partial charge in [-0.15, -0.1) is 11.8 Å². The Morgan fingerprint density at radius 1 is 1.23 bits per heavy atom. The Kier molecular flexibility index (Phi) is 5.53. The maximum absolute atomic E-state index is 12.1. The van der Waals surface area contributed by atoms with E-state index in [-0.39, 0.29) is 17.4 Å². The van der Waals surface area contributed by atoms with Gasteiger partial charge in [-0.3, -0.25) is 9.78 Å². The van der Waals surface area contributed by atoms with Crippen LogP contribution in [0.25, 0.3) is 10.9 Å². The fourth-order valence-electron chi connectivity index (χ4n) is 2.51. The van der Waals surface area contributed by atoms with Crippen molar-refractivity contribution in [1.29, 1.82) is 0 Å². The van der Waals surface area contributed by atoms with Crippen molar-refractivity contribution in [2.24, 2.45) is 5.10 Å². The van der Waals surface area contributed by atoms with E-state index in [2.05, 4.69) is 15.5 Å². The number of aromatic hydroxyl groups is 1. The second kappa shape index (κ2) is 8.01. The molecule has 2 N–H and O–H groups in total. The van der Waals surface area contributed by atoms with Gasteiger partial charge in [0.25, 0.3) is 0 Å². The molecule has 3 rings (SSSR count). The van der Waals surface area contributed by atoms with Gasteiger partial charge in [-0.05, 0) is 38.1 Å². The highest BCUT2D eigenvalue weighted by Gasteiger charge is 2.08. The SMILES string of the molecule is C/C(=N\NC(=O)CSc1cccc2cccnc12)c1cc(C)ccc1O. The third kappa shape index (κ3) is 4.21. The van der Waals surface area contributed by atoms with Gasteiger partial charge >= 0.3 is 0 Å². The summed E-state index contributed by atoms with van der Waals surface area (Å²) in [6.45, 7) is 3.68. The molecule has 2 aromatic carbocycles. The number of fused-ring (bicyclic) bond motifs is 1. The van der Waals surface area contributed by atoms with Gasteiger partial charge in [-0.1, -0.05) is 29.8 Å². The fraction of sp³-hybridized carbons (Fsp3) is 0.150. The highest BCUT2D eigenvalue weighted by Crippen LogP contribution is 2.25. The van der Waals surface area contributed by atoms with Crippen molar-refractivity contribution in [3.8, 4) is 5.75 Å². The summed E-state index contributed by atoms with van der Waals surface area (Å²) in [7, 11) is 0. The van der Waals surface area contributed by atoms with Crippen LogP contribution in [0.2, 0.25) is 0 Å². The molecule has 26 heavy (non-hydrogen) atoms. The molecule has 0 atom stereocenters. The zero-order valence-electron chi connectivity index (χ0n) is 14.6. The standard InChI is InChI=1S/C20H19N3O2S/c1-13-8-9-17(24)16(11-13)14(2)22-23-19(25)12-26-18-7-3-5-15-6-4-10-21-20(15)18/h3-11,24H,12H2,1-2H3,(H,23,25)/b22-14+. The largest absolute Gasteiger partial charge is 0.507 e. The Morgan fingerprint density at radius 2 is 2.04 bits per heavy atom. The van der Waals surface area contributed by atoms with Crippen LogP contribution < -0.4 is 5.43 Å². The molecule has 1 heterocycles. The quantitative estimate of drug-likeness (QED) is 0.409. The van der Waals surface area contributed by atoms with Crippen molar-refractivity contribution in [2.75, 3.05) is 5.75 Å². The molecule has 0 saturated carbocycles. The van der Waals surface area contributed by atoms with Crippen molar-refractivity contribution in [3.63, 3.8) is 0 Å². The molecule has 5 nitrogen and oxygen atoms in total. The minimum Gasteiger partial charge on any atom is -0.507 e. The Labute approximate surface area is 156 Å². The molecule has 0 aliphatic heterocycles. The van der Waals surface area contributed by atoms with E-state index in [1.54, 1.807) is 19.2 Å². The van der Waals surface area contributed by atoms with Gasteiger partial charge in [0.15, 0.2) is 0 Å². The smallest absolute Gasteiger partial charge is 0.250 e. The zero-order chi connectivity index (χ0) is 18.5. The van der Waals surface area contributed by atoms with E-state index in [0.717, 1.165) is 21.4 Å². The lowest BCUT2D eigenvalue weighted by Crippen LogP contribution is -2.21. The van der Waals surface area contributed by atoms with Crippen molar-refractivity contribution in [2.45, 2.75) is 18.7 Å². The number of aromatic nitrogens is 1. The minimum atomic E-state index is -0.213. The van der Waals surface area contributed by atoms with E-state index in [9.17, 15) is 9.90 Å². The van der Waals surface area contributed by atoms with Crippen LogP contribution in [0.4, 0.5) is 0 Å². The van der Waals surface area contributed by atoms with Gasteiger partial charge in [0.1, 0.15) is 5.75 Å². The Morgan fingerprint density at radius 3 is 2.88 bits per heavy atom. The van der Waals surface area contributed by atoms with Gasteiger partial charge in [-0.2, -0.15) is 5.10 Å². The summed E-state index contributed by atoms with van der Waals surface area (Å²) >= 11 is 1.42. The molecule has 1 aromatic heterocycles. The molecular formula is C20H19N3O2S. The Balaban J connectivity index is 1.64. The zero-order valence-corrected chi connectivity index (χ0v) is 15.4. The highest BCUT2D eigenvalue weighted by atomic mass is 32.2. The van der Waals surface area contributed by atoms with E-state index in [4.69, 9.17) is 0 Å². The molecule has 6 heteroatoms. The lowest BCUT2D eigenvalue weighted by atomic mass is 10.1. The molecule has 3 aromatic rings. The number of nitrogens with zero attached hydrogens (tertiary/aromatic N) is 2. The van der Waals surface area contributed by atoms with Crippen LogP contribution in [0.1, 0.15) is 18.1 Å². The predicted octanol–water partition coefficient (Wildman–Crippen LogP) is 3.88. The van der Waals surface area contributed by atoms with Crippen LogP contribution in [-0.2, 0) is 4.79 Å². The lowest BCUT2D eigenvalue weighted by molar-refractivity contribution is -0.118. The number of carbonyl (C=O) groups is 1. The van der Waals surface area contributed by atoms with Crippen LogP contribution in [0, 0.1) is 6.92 Å². The molecule has 0 aliphatic carbocycles. The van der Waals surface area contributed by atoms with Crippen LogP contribution in [-0.4, -0.2) is 27.5 Å². The number of thioether (sulfide) groups is 1. The Hall–Kier alpha value is -2.86. The number of carbonyl (C=O) groups excluding carboxylic acids is 1. The summed E-state index contributed by atoms with van der Waals surface area (Å²) in [4.78, 5) is 17.5. The molecule has 0 spiro atoms. The molecular weight excluding hydrogens is 346 g/mol. The first-order chi connectivity index (χ1) is 12.5. The van der Waals surface area contributed by atoms with Gasteiger partial charge in [0.2, 0.25) is 5.91 Å². The number of para-hydroxylation sites is 1. The van der Waals surface area contributed by atoms with Gasteiger partial charge < -0.3 is 5.11 Å². The number of phenols is 1. The first-order valence-electron chi connectivity index (χ1n) is 8.14. The topological polar surface area (TPSA) is 74.6 Å². The number of nitrogens with one attached hydrogen (secondary N) is 1. The third-order valence-electron chi connectivity index (χ3n) is 3.84. The number of pyridine rings is 1. The fourth-order valence-corrected chi connectivity index (χ4v) is 3.35. The minimum absolute atomic E-state index is 0.141. The van der Waals surface area contributed by atoms with Crippen molar-refractivity contribution < 1.29 is 9.90 Å². The average molecular weight is 365 g/mol. The number of aryl methyl sites for hydroxylation is 1. The van der Waals surface area contributed by atoms with Crippen LogP contribution >= 0.6 is 11.8 Å². The van der Waals surface area contributed by atoms with Crippen molar-refractivity contribution >= 4 is 34.3 Å². The summed E-state index contributed by atoms with van der Waals surface area (Å²) in [6, 6.07) is 15.1. The number of hydrogen-bond donors (Lipinski definition) is 2. The van der Waals surface area contributed by atoms with Crippen LogP contribution in [0.15, 0.2) is 64.7 Å². The van der Waals surface area contributed by atoms with E-state index < -0.39 is 0 Å². The molecule has 1 amide bonds. The van der Waals surface area contributed by atoms with Gasteiger partial charge in [-0.25, -0.2) is 5.43 Å². The maximum atomic E-state index is 12.1. The second-order valence-electron chi connectivity index (χ2n) is 5.87. The van der Waals surface area contributed by atoms with Crippen LogP contribution in [0.3, 0.4) is 0 Å². The normalized spacial score (nSPS) is 11.5. The summed E-state index contributed by atoms with van der Waals surface area (Å²) in [5.41, 5.74) is 5.60. The van der Waals surface area contributed by atoms with Crippen molar-refractivity contribution in [1.82, 2.24) is 10.4 Å². The molecule has 0 aliphatic rings. The predicted molar refractivity (Wildman–Crippen MR) is 106 cm³/mol. The average Bonchev–Trinajstić information content (AvgIpc) is 2.66. The van der Waals surface area contributed by atoms with Crippen LogP contribution in [0.5, 0.6) is 5.75 Å². The molecule has 0 fully saturated rings. The number of benzene rings is 2.